The predicted octanol–water partition coefficient (Wildman–Crippen LogP) is 2.38. The summed E-state index contributed by atoms with van der Waals surface area (Å²) in [5.74, 6) is -7.50. The Balaban J connectivity index is 1.65. The highest BCUT2D eigenvalue weighted by Gasteiger charge is 2.91. The number of carbonyl (C=O) groups is 4. The van der Waals surface area contributed by atoms with E-state index in [1.54, 1.807) is 13.8 Å². The highest BCUT2D eigenvalue weighted by atomic mass is 16.6. The van der Waals surface area contributed by atoms with Gasteiger partial charge < -0.3 is 35.0 Å². The zero-order valence-electron chi connectivity index (χ0n) is 26.0. The lowest BCUT2D eigenvalue weighted by molar-refractivity contribution is -0.364. The van der Waals surface area contributed by atoms with Crippen LogP contribution >= 0.6 is 0 Å². The van der Waals surface area contributed by atoms with Crippen molar-refractivity contribution in [3.05, 3.63) is 0 Å². The Kier molecular flexibility index (Phi) is 6.09. The molecule has 5 N–H and O–H groups in total. The first kappa shape index (κ1) is 30.8. The molecule has 0 aromatic carbocycles. The van der Waals surface area contributed by atoms with E-state index < -0.39 is 104 Å². The van der Waals surface area contributed by atoms with Crippen molar-refractivity contribution in [3.8, 4) is 0 Å². The molecule has 2 spiro atoms. The minimum absolute atomic E-state index is 0.0405. The fraction of sp³-hybridized carbons (Fsp3) is 0.875. The molecule has 14 unspecified atom stereocenters. The van der Waals surface area contributed by atoms with Gasteiger partial charge in [0.1, 0.15) is 12.2 Å². The standard InChI is InChI=1S/C32H46O11/c1-14-8-9-30-11-10-27(5)28(6)18(34)12-17(26(3,4)24(38)39)31(13-16(31)22(36)37)20(28)19(42-15(2)33)21(35)32(27,43-25(30)40)23(30)29(14,7)41/h14,16-21,23,34-35,41H,8-13H2,1-7H3,(H,36,37)(H,38,39). The van der Waals surface area contributed by atoms with E-state index in [1.807, 2.05) is 13.8 Å². The lowest BCUT2D eigenvalue weighted by Gasteiger charge is -2.74. The normalized spacial score (nSPS) is 55.0. The fourth-order valence-corrected chi connectivity index (χ4v) is 12.1. The molecule has 6 rings (SSSR count). The molecule has 14 atom stereocenters. The molecule has 0 aromatic heterocycles. The number of hydrogen-bond donors (Lipinski definition) is 5. The Labute approximate surface area is 251 Å². The Hall–Kier alpha value is -2.24. The van der Waals surface area contributed by atoms with E-state index in [2.05, 4.69) is 0 Å². The van der Waals surface area contributed by atoms with Crippen LogP contribution in [0.15, 0.2) is 0 Å². The maximum Gasteiger partial charge on any atom is 0.313 e. The van der Waals surface area contributed by atoms with Crippen molar-refractivity contribution in [2.75, 3.05) is 0 Å². The van der Waals surface area contributed by atoms with Gasteiger partial charge in [0.05, 0.1) is 28.5 Å². The van der Waals surface area contributed by atoms with Gasteiger partial charge >= 0.3 is 23.9 Å². The average Bonchev–Trinajstić information content (AvgIpc) is 3.58. The van der Waals surface area contributed by atoms with Crippen molar-refractivity contribution >= 4 is 23.9 Å². The maximum atomic E-state index is 14.0. The summed E-state index contributed by atoms with van der Waals surface area (Å²) in [4.78, 5) is 52.1. The van der Waals surface area contributed by atoms with Gasteiger partial charge in [0.25, 0.3) is 0 Å². The van der Waals surface area contributed by atoms with Gasteiger partial charge in [0.2, 0.25) is 0 Å². The molecular formula is C32H46O11. The number of carboxylic acid groups (broad SMARTS) is 2. The summed E-state index contributed by atoms with van der Waals surface area (Å²) in [6.45, 7) is 11.4. The quantitative estimate of drug-likeness (QED) is 0.296. The molecule has 0 aromatic rings. The second kappa shape index (κ2) is 8.51. The number of fused-ring (bicyclic) bond motifs is 3. The first-order valence-corrected chi connectivity index (χ1v) is 15.6. The number of ether oxygens (including phenoxy) is 2. The number of hydrogen-bond acceptors (Lipinski definition) is 9. The summed E-state index contributed by atoms with van der Waals surface area (Å²) in [5, 5.41) is 57.8. The van der Waals surface area contributed by atoms with Crippen molar-refractivity contribution in [3.63, 3.8) is 0 Å². The van der Waals surface area contributed by atoms with Crippen LogP contribution in [0.2, 0.25) is 0 Å². The van der Waals surface area contributed by atoms with Crippen LogP contribution < -0.4 is 0 Å². The molecule has 43 heavy (non-hydrogen) atoms. The third kappa shape index (κ3) is 3.12. The predicted molar refractivity (Wildman–Crippen MR) is 148 cm³/mol. The smallest absolute Gasteiger partial charge is 0.313 e. The van der Waals surface area contributed by atoms with E-state index in [-0.39, 0.29) is 18.8 Å². The molecule has 5 aliphatic carbocycles. The molecule has 1 aliphatic heterocycles. The molecule has 1 heterocycles. The monoisotopic (exact) mass is 606 g/mol. The summed E-state index contributed by atoms with van der Waals surface area (Å²) in [6.07, 6.45) is -2.58. The zero-order valence-corrected chi connectivity index (χ0v) is 26.0. The average molecular weight is 607 g/mol. The third-order valence-corrected chi connectivity index (χ3v) is 14.6. The van der Waals surface area contributed by atoms with Crippen LogP contribution in [0.1, 0.15) is 87.0 Å². The van der Waals surface area contributed by atoms with Crippen LogP contribution in [-0.2, 0) is 28.7 Å². The van der Waals surface area contributed by atoms with Crippen molar-refractivity contribution in [1.29, 1.82) is 0 Å². The Morgan fingerprint density at radius 2 is 1.67 bits per heavy atom. The molecule has 6 aliphatic rings. The highest BCUT2D eigenvalue weighted by Crippen LogP contribution is 2.84. The molecular weight excluding hydrogens is 560 g/mol. The SMILES string of the molecule is CC(=O)OC1C2C3(CC3C(=O)O)C(C(C)(C)C(=O)O)CC(O)C2(C)C2(C)CCC34CCC(C)C(C)(O)C3C2(OC4=O)C1O. The number of aliphatic carboxylic acids is 2. The molecule has 11 nitrogen and oxygen atoms in total. The molecule has 6 fully saturated rings. The van der Waals surface area contributed by atoms with Crippen LogP contribution in [0, 0.1) is 56.7 Å². The number of esters is 2. The number of rotatable bonds is 4. The van der Waals surface area contributed by atoms with Gasteiger partial charge in [-0.25, -0.2) is 0 Å². The van der Waals surface area contributed by atoms with Crippen LogP contribution in [-0.4, -0.2) is 78.9 Å². The molecule has 240 valence electrons. The van der Waals surface area contributed by atoms with Gasteiger partial charge in [-0.05, 0) is 76.5 Å². The lowest BCUT2D eigenvalue weighted by atomic mass is 9.30. The minimum Gasteiger partial charge on any atom is -0.481 e. The molecule has 5 saturated carbocycles. The molecule has 0 amide bonds. The van der Waals surface area contributed by atoms with E-state index in [0.717, 1.165) is 0 Å². The molecule has 11 heteroatoms. The number of carbonyl (C=O) groups excluding carboxylic acids is 2. The molecule has 0 radical (unpaired) electrons. The summed E-state index contributed by atoms with van der Waals surface area (Å²) in [6, 6.07) is 0. The van der Waals surface area contributed by atoms with Crippen LogP contribution in [0.4, 0.5) is 0 Å². The van der Waals surface area contributed by atoms with Crippen molar-refractivity contribution < 1.29 is 54.2 Å². The van der Waals surface area contributed by atoms with Crippen molar-refractivity contribution in [2.24, 2.45) is 56.7 Å². The number of carboxylic acids is 2. The summed E-state index contributed by atoms with van der Waals surface area (Å²) in [5.41, 5.74) is -9.53. The van der Waals surface area contributed by atoms with Crippen molar-refractivity contribution in [2.45, 2.75) is 117 Å². The first-order chi connectivity index (χ1) is 19.7. The van der Waals surface area contributed by atoms with Crippen LogP contribution in [0.5, 0.6) is 0 Å². The summed E-state index contributed by atoms with van der Waals surface area (Å²) < 4.78 is 12.4. The summed E-state index contributed by atoms with van der Waals surface area (Å²) >= 11 is 0. The largest absolute Gasteiger partial charge is 0.481 e. The maximum absolute atomic E-state index is 14.0. The Bertz CT molecular complexity index is 1310. The summed E-state index contributed by atoms with van der Waals surface area (Å²) in [7, 11) is 0. The van der Waals surface area contributed by atoms with Crippen LogP contribution in [0.25, 0.3) is 0 Å². The lowest BCUT2D eigenvalue weighted by Crippen LogP contribution is -2.83. The topological polar surface area (TPSA) is 188 Å². The van der Waals surface area contributed by atoms with Gasteiger partial charge in [0.15, 0.2) is 5.60 Å². The van der Waals surface area contributed by atoms with Gasteiger partial charge in [0, 0.05) is 29.6 Å². The zero-order chi connectivity index (χ0) is 32.1. The van der Waals surface area contributed by atoms with Gasteiger partial charge in [-0.2, -0.15) is 0 Å². The van der Waals surface area contributed by atoms with E-state index >= 15 is 0 Å². The van der Waals surface area contributed by atoms with E-state index in [1.165, 1.54) is 20.8 Å². The van der Waals surface area contributed by atoms with Crippen molar-refractivity contribution in [1.82, 2.24) is 0 Å². The number of aliphatic hydroxyl groups excluding tert-OH is 2. The van der Waals surface area contributed by atoms with Gasteiger partial charge in [-0.1, -0.05) is 20.8 Å². The number of aliphatic hydroxyl groups is 3. The minimum atomic E-state index is -1.77. The molecule has 2 bridgehead atoms. The highest BCUT2D eigenvalue weighted by molar-refractivity contribution is 5.83. The fourth-order valence-electron chi connectivity index (χ4n) is 12.1. The second-order valence-corrected chi connectivity index (χ2v) is 16.1. The van der Waals surface area contributed by atoms with Gasteiger partial charge in [-0.3, -0.25) is 19.2 Å². The van der Waals surface area contributed by atoms with E-state index in [9.17, 15) is 44.7 Å². The Morgan fingerprint density at radius 3 is 2.21 bits per heavy atom. The van der Waals surface area contributed by atoms with E-state index in [0.29, 0.717) is 25.7 Å². The Morgan fingerprint density at radius 1 is 1.05 bits per heavy atom. The molecule has 1 saturated heterocycles. The first-order valence-electron chi connectivity index (χ1n) is 15.6. The van der Waals surface area contributed by atoms with E-state index in [4.69, 9.17) is 9.47 Å². The van der Waals surface area contributed by atoms with Gasteiger partial charge in [-0.15, -0.1) is 0 Å². The third-order valence-electron chi connectivity index (χ3n) is 14.6. The van der Waals surface area contributed by atoms with Crippen LogP contribution in [0.3, 0.4) is 0 Å². The second-order valence-electron chi connectivity index (χ2n) is 16.1.